The number of ether oxygens (including phenoxy) is 1. The van der Waals surface area contributed by atoms with Gasteiger partial charge in [-0.05, 0) is 29.8 Å². The highest BCUT2D eigenvalue weighted by atomic mass is 32.1. The molecule has 1 aromatic heterocycles. The summed E-state index contributed by atoms with van der Waals surface area (Å²) in [5.41, 5.74) is 0.928. The van der Waals surface area contributed by atoms with Crippen LogP contribution in [0.2, 0.25) is 0 Å². The summed E-state index contributed by atoms with van der Waals surface area (Å²) in [5, 5.41) is 5.10. The molecule has 4 nitrogen and oxygen atoms in total. The summed E-state index contributed by atoms with van der Waals surface area (Å²) >= 11 is 1.41. The lowest BCUT2D eigenvalue weighted by Crippen LogP contribution is -2.23. The van der Waals surface area contributed by atoms with Crippen LogP contribution < -0.4 is 10.1 Å². The second-order valence-electron chi connectivity index (χ2n) is 4.71. The van der Waals surface area contributed by atoms with Crippen LogP contribution >= 0.6 is 11.3 Å². The Morgan fingerprint density at radius 1 is 1.17 bits per heavy atom. The molecule has 0 bridgehead atoms. The van der Waals surface area contributed by atoms with E-state index in [1.54, 1.807) is 30.5 Å². The van der Waals surface area contributed by atoms with Gasteiger partial charge in [0, 0.05) is 18.1 Å². The van der Waals surface area contributed by atoms with Crippen LogP contribution in [-0.2, 0) is 6.54 Å². The van der Waals surface area contributed by atoms with E-state index in [1.165, 1.54) is 23.5 Å². The van der Waals surface area contributed by atoms with Crippen molar-refractivity contribution in [2.75, 3.05) is 0 Å². The first-order chi connectivity index (χ1) is 11.2. The number of carbonyl (C=O) groups excluding carboxylic acids is 1. The van der Waals surface area contributed by atoms with Crippen LogP contribution in [0.25, 0.3) is 0 Å². The molecule has 0 fully saturated rings. The Morgan fingerprint density at radius 2 is 1.96 bits per heavy atom. The number of aromatic nitrogens is 1. The Labute approximate surface area is 136 Å². The maximum absolute atomic E-state index is 13.5. The molecular weight excluding hydrogens is 315 g/mol. The number of benzene rings is 2. The molecule has 0 spiro atoms. The second-order valence-corrected chi connectivity index (χ2v) is 5.56. The van der Waals surface area contributed by atoms with Crippen LogP contribution in [0.3, 0.4) is 0 Å². The molecule has 3 rings (SSSR count). The third kappa shape index (κ3) is 3.92. The smallest absolute Gasteiger partial charge is 0.278 e. The van der Waals surface area contributed by atoms with Gasteiger partial charge in [0.05, 0.1) is 5.56 Å². The zero-order valence-electron chi connectivity index (χ0n) is 12.0. The van der Waals surface area contributed by atoms with Crippen molar-refractivity contribution in [2.24, 2.45) is 0 Å². The molecule has 0 radical (unpaired) electrons. The minimum Gasteiger partial charge on any atom is -0.431 e. The van der Waals surface area contributed by atoms with Gasteiger partial charge in [0.25, 0.3) is 11.1 Å². The summed E-state index contributed by atoms with van der Waals surface area (Å²) in [6, 6.07) is 13.2. The van der Waals surface area contributed by atoms with Crippen LogP contribution in [0.1, 0.15) is 15.9 Å². The summed E-state index contributed by atoms with van der Waals surface area (Å²) in [6.45, 7) is 0.310. The number of rotatable bonds is 5. The lowest BCUT2D eigenvalue weighted by molar-refractivity contribution is 0.0947. The number of amides is 1. The Bertz CT molecular complexity index is 789. The van der Waals surface area contributed by atoms with Crippen LogP contribution in [0.15, 0.2) is 60.1 Å². The summed E-state index contributed by atoms with van der Waals surface area (Å²) < 4.78 is 19.1. The van der Waals surface area contributed by atoms with E-state index in [1.807, 2.05) is 17.5 Å². The quantitative estimate of drug-likeness (QED) is 0.770. The fourth-order valence-electron chi connectivity index (χ4n) is 1.96. The normalized spacial score (nSPS) is 10.3. The molecule has 0 saturated heterocycles. The van der Waals surface area contributed by atoms with Gasteiger partial charge in [-0.3, -0.25) is 4.79 Å². The molecular formula is C17H13FN2O2S. The predicted molar refractivity (Wildman–Crippen MR) is 86.2 cm³/mol. The molecule has 0 aliphatic rings. The number of thiazole rings is 1. The molecule has 0 aliphatic heterocycles. The highest BCUT2D eigenvalue weighted by Crippen LogP contribution is 2.23. The summed E-state index contributed by atoms with van der Waals surface area (Å²) in [7, 11) is 0. The summed E-state index contributed by atoms with van der Waals surface area (Å²) in [5.74, 6) is -0.299. The van der Waals surface area contributed by atoms with E-state index in [-0.39, 0.29) is 5.56 Å². The largest absolute Gasteiger partial charge is 0.431 e. The average Bonchev–Trinajstić information content (AvgIpc) is 3.07. The number of nitrogens with one attached hydrogen (secondary N) is 1. The zero-order valence-corrected chi connectivity index (χ0v) is 12.8. The Morgan fingerprint density at radius 3 is 2.65 bits per heavy atom. The van der Waals surface area contributed by atoms with Gasteiger partial charge in [-0.25, -0.2) is 9.37 Å². The van der Waals surface area contributed by atoms with E-state index < -0.39 is 11.7 Å². The Kier molecular flexibility index (Phi) is 4.63. The van der Waals surface area contributed by atoms with E-state index in [0.717, 1.165) is 5.56 Å². The van der Waals surface area contributed by atoms with Crippen molar-refractivity contribution in [1.82, 2.24) is 10.3 Å². The van der Waals surface area contributed by atoms with Gasteiger partial charge in [0.15, 0.2) is 0 Å². The van der Waals surface area contributed by atoms with Crippen LogP contribution in [0.4, 0.5) is 4.39 Å². The number of hydrogen-bond acceptors (Lipinski definition) is 4. The van der Waals surface area contributed by atoms with E-state index in [0.29, 0.717) is 17.5 Å². The van der Waals surface area contributed by atoms with E-state index in [9.17, 15) is 9.18 Å². The van der Waals surface area contributed by atoms with Crippen molar-refractivity contribution in [1.29, 1.82) is 0 Å². The Hall–Kier alpha value is -2.73. The molecule has 0 aliphatic carbocycles. The summed E-state index contributed by atoms with van der Waals surface area (Å²) in [6.07, 6.45) is 1.67. The maximum Gasteiger partial charge on any atom is 0.278 e. The van der Waals surface area contributed by atoms with Crippen molar-refractivity contribution in [2.45, 2.75) is 6.54 Å². The molecule has 2 aromatic carbocycles. The monoisotopic (exact) mass is 328 g/mol. The lowest BCUT2D eigenvalue weighted by Gasteiger charge is -2.07. The molecule has 1 heterocycles. The van der Waals surface area contributed by atoms with Crippen molar-refractivity contribution < 1.29 is 13.9 Å². The minimum absolute atomic E-state index is 0.0382. The lowest BCUT2D eigenvalue weighted by atomic mass is 10.2. The molecule has 0 saturated carbocycles. The highest BCUT2D eigenvalue weighted by molar-refractivity contribution is 7.11. The molecule has 0 unspecified atom stereocenters. The third-order valence-corrected chi connectivity index (χ3v) is 3.76. The van der Waals surface area contributed by atoms with Gasteiger partial charge in [0.1, 0.15) is 11.6 Å². The van der Waals surface area contributed by atoms with Crippen molar-refractivity contribution >= 4 is 17.2 Å². The van der Waals surface area contributed by atoms with Crippen molar-refractivity contribution in [3.05, 3.63) is 77.1 Å². The highest BCUT2D eigenvalue weighted by Gasteiger charge is 2.10. The first-order valence-electron chi connectivity index (χ1n) is 6.91. The van der Waals surface area contributed by atoms with Crippen LogP contribution in [0, 0.1) is 5.82 Å². The van der Waals surface area contributed by atoms with Gasteiger partial charge in [0.2, 0.25) is 0 Å². The van der Waals surface area contributed by atoms with Gasteiger partial charge in [-0.2, -0.15) is 0 Å². The first kappa shape index (κ1) is 15.2. The minimum atomic E-state index is -0.530. The summed E-state index contributed by atoms with van der Waals surface area (Å²) in [4.78, 5) is 16.0. The Balaban J connectivity index is 1.58. The SMILES string of the molecule is O=C(NCc1ccc(Oc2nccs2)cc1)c1ccccc1F. The van der Waals surface area contributed by atoms with E-state index >= 15 is 0 Å². The third-order valence-electron chi connectivity index (χ3n) is 3.11. The van der Waals surface area contributed by atoms with Gasteiger partial charge in [-0.1, -0.05) is 35.6 Å². The van der Waals surface area contributed by atoms with Crippen molar-refractivity contribution in [3.8, 4) is 10.9 Å². The fraction of sp³-hybridized carbons (Fsp3) is 0.0588. The molecule has 1 amide bonds. The predicted octanol–water partition coefficient (Wildman–Crippen LogP) is 4.00. The maximum atomic E-state index is 13.5. The number of halogens is 1. The standard InChI is InChI=1S/C17H13FN2O2S/c18-15-4-2-1-3-14(15)16(21)20-11-12-5-7-13(8-6-12)22-17-19-9-10-23-17/h1-10H,11H2,(H,20,21). The van der Waals surface area contributed by atoms with Gasteiger partial charge < -0.3 is 10.1 Å². The average molecular weight is 328 g/mol. The fourth-order valence-corrected chi connectivity index (χ4v) is 2.46. The zero-order chi connectivity index (χ0) is 16.1. The molecule has 0 atom stereocenters. The van der Waals surface area contributed by atoms with E-state index in [4.69, 9.17) is 4.74 Å². The molecule has 3 aromatic rings. The number of carbonyl (C=O) groups is 1. The first-order valence-corrected chi connectivity index (χ1v) is 7.79. The molecule has 23 heavy (non-hydrogen) atoms. The number of hydrogen-bond donors (Lipinski definition) is 1. The molecule has 116 valence electrons. The van der Waals surface area contributed by atoms with Gasteiger partial charge >= 0.3 is 0 Å². The van der Waals surface area contributed by atoms with E-state index in [2.05, 4.69) is 10.3 Å². The molecule has 1 N–H and O–H groups in total. The van der Waals surface area contributed by atoms with Crippen LogP contribution in [0.5, 0.6) is 10.9 Å². The van der Waals surface area contributed by atoms with Gasteiger partial charge in [-0.15, -0.1) is 0 Å². The second kappa shape index (κ2) is 7.02. The molecule has 6 heteroatoms. The van der Waals surface area contributed by atoms with Crippen LogP contribution in [-0.4, -0.2) is 10.9 Å². The van der Waals surface area contributed by atoms with Crippen molar-refractivity contribution in [3.63, 3.8) is 0 Å². The topological polar surface area (TPSA) is 51.2 Å². The number of nitrogens with zero attached hydrogens (tertiary/aromatic N) is 1.